The number of nitrogens with zero attached hydrogens (tertiary/aromatic N) is 4. The first kappa shape index (κ1) is 19.8. The number of amides is 1. The van der Waals surface area contributed by atoms with E-state index in [1.54, 1.807) is 15.9 Å². The highest BCUT2D eigenvalue weighted by molar-refractivity contribution is 7.71. The van der Waals surface area contributed by atoms with Gasteiger partial charge in [0.2, 0.25) is 5.91 Å². The van der Waals surface area contributed by atoms with E-state index < -0.39 is 0 Å². The highest BCUT2D eigenvalue weighted by atomic mass is 32.1. The number of carbonyl (C=O) groups is 1. The topological polar surface area (TPSA) is 57.2 Å². The zero-order valence-electron chi connectivity index (χ0n) is 16.0. The van der Waals surface area contributed by atoms with Gasteiger partial charge in [-0.3, -0.25) is 19.4 Å². The molecular formula is C21H23N5OS2. The van der Waals surface area contributed by atoms with Crippen LogP contribution in [0, 0.1) is 4.77 Å². The summed E-state index contributed by atoms with van der Waals surface area (Å²) < 4.78 is 2.27. The van der Waals surface area contributed by atoms with Crippen molar-refractivity contribution in [2.45, 2.75) is 6.54 Å². The molecule has 1 aliphatic heterocycles. The molecule has 0 aliphatic carbocycles. The van der Waals surface area contributed by atoms with Gasteiger partial charge in [0.05, 0.1) is 4.88 Å². The lowest BCUT2D eigenvalue weighted by atomic mass is 10.2. The normalized spacial score (nSPS) is 15.2. The molecule has 0 spiro atoms. The second-order valence-electron chi connectivity index (χ2n) is 6.91. The minimum atomic E-state index is 0.0831. The van der Waals surface area contributed by atoms with Gasteiger partial charge in [-0.25, -0.2) is 0 Å². The van der Waals surface area contributed by atoms with E-state index in [9.17, 15) is 4.79 Å². The number of nitrogens with one attached hydrogen (secondary N) is 1. The van der Waals surface area contributed by atoms with Crippen LogP contribution in [0.15, 0.2) is 53.9 Å². The van der Waals surface area contributed by atoms with Gasteiger partial charge in [-0.15, -0.1) is 11.3 Å². The van der Waals surface area contributed by atoms with Gasteiger partial charge in [0.15, 0.2) is 10.6 Å². The van der Waals surface area contributed by atoms with Crippen LogP contribution in [0.25, 0.3) is 16.8 Å². The highest BCUT2D eigenvalue weighted by Crippen LogP contribution is 2.22. The number of carbonyl (C=O) groups excluding carboxylic acids is 1. The number of hydrogen-bond donors (Lipinski definition) is 1. The molecule has 0 bridgehead atoms. The number of aromatic nitrogens is 3. The molecule has 1 aliphatic rings. The molecule has 4 rings (SSSR count). The SMILES string of the molecule is O=C(Cn1c(-c2cccs2)n[nH]c1=S)N1CCN(CC=Cc2ccccc2)CC1. The predicted molar refractivity (Wildman–Crippen MR) is 119 cm³/mol. The molecule has 2 aromatic heterocycles. The Labute approximate surface area is 179 Å². The standard InChI is InChI=1S/C21H23N5OS2/c27-19(16-26-20(22-23-21(26)28)18-9-5-15-29-18)25-13-11-24(12-14-25)10-4-8-17-6-2-1-3-7-17/h1-9,15H,10-14,16H2,(H,23,28). The summed E-state index contributed by atoms with van der Waals surface area (Å²) >= 11 is 6.92. The third-order valence-corrected chi connectivity index (χ3v) is 6.17. The number of rotatable bonds is 6. The van der Waals surface area contributed by atoms with Crippen molar-refractivity contribution in [3.63, 3.8) is 0 Å². The maximum atomic E-state index is 12.8. The van der Waals surface area contributed by atoms with Gasteiger partial charge in [0.1, 0.15) is 6.54 Å². The molecule has 6 nitrogen and oxygen atoms in total. The first-order valence-electron chi connectivity index (χ1n) is 9.61. The zero-order valence-corrected chi connectivity index (χ0v) is 17.7. The van der Waals surface area contributed by atoms with Crippen LogP contribution in [-0.2, 0) is 11.3 Å². The molecule has 1 amide bonds. The molecule has 0 radical (unpaired) electrons. The van der Waals surface area contributed by atoms with Gasteiger partial charge < -0.3 is 4.90 Å². The minimum Gasteiger partial charge on any atom is -0.339 e. The average Bonchev–Trinajstić information content (AvgIpc) is 3.40. The molecule has 3 aromatic rings. The van der Waals surface area contributed by atoms with E-state index >= 15 is 0 Å². The van der Waals surface area contributed by atoms with Gasteiger partial charge in [-0.05, 0) is 29.2 Å². The largest absolute Gasteiger partial charge is 0.339 e. The third-order valence-electron chi connectivity index (χ3n) is 4.99. The van der Waals surface area contributed by atoms with Crippen molar-refractivity contribution in [2.75, 3.05) is 32.7 Å². The van der Waals surface area contributed by atoms with E-state index in [0.717, 1.165) is 43.4 Å². The van der Waals surface area contributed by atoms with E-state index in [-0.39, 0.29) is 12.5 Å². The molecule has 3 heterocycles. The van der Waals surface area contributed by atoms with Crippen molar-refractivity contribution in [3.05, 3.63) is 64.3 Å². The fraction of sp³-hybridized carbons (Fsp3) is 0.286. The Morgan fingerprint density at radius 2 is 1.93 bits per heavy atom. The van der Waals surface area contributed by atoms with Crippen molar-refractivity contribution in [3.8, 4) is 10.7 Å². The van der Waals surface area contributed by atoms with Crippen LogP contribution in [0.4, 0.5) is 0 Å². The van der Waals surface area contributed by atoms with Crippen molar-refractivity contribution in [2.24, 2.45) is 0 Å². The monoisotopic (exact) mass is 425 g/mol. The van der Waals surface area contributed by atoms with E-state index in [0.29, 0.717) is 4.77 Å². The summed E-state index contributed by atoms with van der Waals surface area (Å²) in [7, 11) is 0. The lowest BCUT2D eigenvalue weighted by molar-refractivity contribution is -0.133. The minimum absolute atomic E-state index is 0.0831. The van der Waals surface area contributed by atoms with Crippen molar-refractivity contribution >= 4 is 35.5 Å². The summed E-state index contributed by atoms with van der Waals surface area (Å²) in [4.78, 5) is 18.1. The Kier molecular flexibility index (Phi) is 6.33. The van der Waals surface area contributed by atoms with E-state index in [1.807, 2.05) is 40.6 Å². The summed E-state index contributed by atoms with van der Waals surface area (Å²) in [5, 5.41) is 9.10. The lowest BCUT2D eigenvalue weighted by Gasteiger charge is -2.34. The Balaban J connectivity index is 1.30. The van der Waals surface area contributed by atoms with E-state index in [2.05, 4.69) is 39.4 Å². The van der Waals surface area contributed by atoms with Crippen LogP contribution < -0.4 is 0 Å². The van der Waals surface area contributed by atoms with Gasteiger partial charge in [0.25, 0.3) is 0 Å². The van der Waals surface area contributed by atoms with Crippen LogP contribution in [0.2, 0.25) is 0 Å². The number of thiophene rings is 1. The zero-order chi connectivity index (χ0) is 20.1. The first-order valence-corrected chi connectivity index (χ1v) is 10.9. The second kappa shape index (κ2) is 9.30. The molecule has 0 saturated carbocycles. The Morgan fingerprint density at radius 3 is 2.66 bits per heavy atom. The van der Waals surface area contributed by atoms with Crippen molar-refractivity contribution < 1.29 is 4.79 Å². The smallest absolute Gasteiger partial charge is 0.242 e. The average molecular weight is 426 g/mol. The summed E-state index contributed by atoms with van der Waals surface area (Å²) in [5.74, 6) is 0.808. The second-order valence-corrected chi connectivity index (χ2v) is 8.24. The van der Waals surface area contributed by atoms with Gasteiger partial charge in [-0.2, -0.15) is 5.10 Å². The number of H-pyrrole nitrogens is 1. The lowest BCUT2D eigenvalue weighted by Crippen LogP contribution is -2.49. The van der Waals surface area contributed by atoms with Gasteiger partial charge in [0, 0.05) is 32.7 Å². The highest BCUT2D eigenvalue weighted by Gasteiger charge is 2.22. The summed E-state index contributed by atoms with van der Waals surface area (Å²) in [6, 6.07) is 14.2. The Hall–Kier alpha value is -2.55. The molecular weight excluding hydrogens is 402 g/mol. The van der Waals surface area contributed by atoms with Gasteiger partial charge >= 0.3 is 0 Å². The van der Waals surface area contributed by atoms with Crippen molar-refractivity contribution in [1.82, 2.24) is 24.6 Å². The number of piperazine rings is 1. The molecule has 0 atom stereocenters. The molecule has 29 heavy (non-hydrogen) atoms. The molecule has 0 unspecified atom stereocenters. The fourth-order valence-corrected chi connectivity index (χ4v) is 4.29. The van der Waals surface area contributed by atoms with Crippen LogP contribution in [-0.4, -0.2) is 63.2 Å². The van der Waals surface area contributed by atoms with Crippen molar-refractivity contribution in [1.29, 1.82) is 0 Å². The Bertz CT molecular complexity index is 1020. The molecule has 1 fully saturated rings. The predicted octanol–water partition coefficient (Wildman–Crippen LogP) is 3.53. The third kappa shape index (κ3) is 4.90. The van der Waals surface area contributed by atoms with Crippen LogP contribution in [0.3, 0.4) is 0 Å². The summed E-state index contributed by atoms with van der Waals surface area (Å²) in [5.41, 5.74) is 1.21. The summed E-state index contributed by atoms with van der Waals surface area (Å²) in [6.45, 7) is 4.33. The van der Waals surface area contributed by atoms with E-state index in [1.165, 1.54) is 5.56 Å². The molecule has 1 saturated heterocycles. The summed E-state index contributed by atoms with van der Waals surface area (Å²) in [6.07, 6.45) is 4.33. The van der Waals surface area contributed by atoms with Crippen LogP contribution >= 0.6 is 23.6 Å². The first-order chi connectivity index (χ1) is 14.2. The molecule has 8 heteroatoms. The number of aromatic amines is 1. The molecule has 1 N–H and O–H groups in total. The molecule has 150 valence electrons. The maximum absolute atomic E-state index is 12.8. The van der Waals surface area contributed by atoms with Gasteiger partial charge in [-0.1, -0.05) is 48.6 Å². The fourth-order valence-electron chi connectivity index (χ4n) is 3.38. The number of hydrogen-bond acceptors (Lipinski definition) is 5. The molecule has 1 aromatic carbocycles. The van der Waals surface area contributed by atoms with E-state index in [4.69, 9.17) is 12.2 Å². The Morgan fingerprint density at radius 1 is 1.14 bits per heavy atom. The number of benzene rings is 1. The quantitative estimate of drug-likeness (QED) is 0.614. The maximum Gasteiger partial charge on any atom is 0.242 e. The van der Waals surface area contributed by atoms with Crippen LogP contribution in [0.5, 0.6) is 0 Å². The van der Waals surface area contributed by atoms with Crippen LogP contribution in [0.1, 0.15) is 5.56 Å².